The molecule has 0 radical (unpaired) electrons. The second-order valence-corrected chi connectivity index (χ2v) is 5.89. The van der Waals surface area contributed by atoms with Crippen molar-refractivity contribution in [3.63, 3.8) is 0 Å². The molecule has 1 N–H and O–H groups in total. The lowest BCUT2D eigenvalue weighted by atomic mass is 9.77. The Morgan fingerprint density at radius 3 is 2.33 bits per heavy atom. The van der Waals surface area contributed by atoms with Gasteiger partial charge >= 0.3 is 0 Å². The number of morpholine rings is 1. The van der Waals surface area contributed by atoms with Crippen molar-refractivity contribution < 1.29 is 4.74 Å². The minimum Gasteiger partial charge on any atom is -0.372 e. The second kappa shape index (κ2) is 4.84. The Hall–Kier alpha value is -0.0800. The summed E-state index contributed by atoms with van der Waals surface area (Å²) in [6.07, 6.45) is 3.41. The van der Waals surface area contributed by atoms with E-state index in [0.717, 1.165) is 26.0 Å². The van der Waals surface area contributed by atoms with E-state index < -0.39 is 0 Å². The van der Waals surface area contributed by atoms with Crippen LogP contribution in [0.5, 0.6) is 0 Å². The zero-order chi connectivity index (χ0) is 11.5. The highest BCUT2D eigenvalue weighted by Gasteiger charge is 2.40. The summed E-state index contributed by atoms with van der Waals surface area (Å²) >= 11 is 0. The van der Waals surface area contributed by atoms with Crippen molar-refractivity contribution in [2.75, 3.05) is 13.2 Å². The average molecular weight is 213 g/mol. The van der Waals surface area contributed by atoms with Gasteiger partial charge in [-0.3, -0.25) is 0 Å². The van der Waals surface area contributed by atoms with Gasteiger partial charge in [-0.25, -0.2) is 0 Å². The minimum absolute atomic E-state index is 0.0749. The van der Waals surface area contributed by atoms with E-state index >= 15 is 0 Å². The lowest BCUT2D eigenvalue weighted by Gasteiger charge is -2.46. The van der Waals surface area contributed by atoms with Gasteiger partial charge in [0.05, 0.1) is 12.2 Å². The summed E-state index contributed by atoms with van der Waals surface area (Å²) in [5.74, 6) is 0. The van der Waals surface area contributed by atoms with Gasteiger partial charge in [-0.05, 0) is 24.7 Å². The molecule has 2 heteroatoms. The number of ether oxygens (including phenoxy) is 1. The average Bonchev–Trinajstić information content (AvgIpc) is 2.17. The van der Waals surface area contributed by atoms with E-state index in [-0.39, 0.29) is 5.60 Å². The highest BCUT2D eigenvalue weighted by molar-refractivity contribution is 4.96. The van der Waals surface area contributed by atoms with Gasteiger partial charge in [-0.1, -0.05) is 34.6 Å². The van der Waals surface area contributed by atoms with Crippen LogP contribution in [0, 0.1) is 5.41 Å². The summed E-state index contributed by atoms with van der Waals surface area (Å²) in [5.41, 5.74) is 0.444. The van der Waals surface area contributed by atoms with Gasteiger partial charge in [0, 0.05) is 12.6 Å². The molecule has 1 fully saturated rings. The van der Waals surface area contributed by atoms with Crippen LogP contribution in [-0.2, 0) is 4.74 Å². The van der Waals surface area contributed by atoms with Crippen LogP contribution in [0.3, 0.4) is 0 Å². The zero-order valence-corrected chi connectivity index (χ0v) is 11.0. The van der Waals surface area contributed by atoms with E-state index in [1.807, 2.05) is 0 Å². The van der Waals surface area contributed by atoms with Crippen molar-refractivity contribution in [2.45, 2.75) is 65.5 Å². The van der Waals surface area contributed by atoms with Gasteiger partial charge < -0.3 is 10.1 Å². The van der Waals surface area contributed by atoms with Crippen LogP contribution in [0.2, 0.25) is 0 Å². The van der Waals surface area contributed by atoms with Gasteiger partial charge in [0.15, 0.2) is 0 Å². The number of nitrogens with one attached hydrogen (secondary N) is 1. The number of hydrogen-bond donors (Lipinski definition) is 1. The molecule has 1 aliphatic heterocycles. The minimum atomic E-state index is 0.0749. The maximum Gasteiger partial charge on any atom is 0.0830 e. The molecule has 0 aromatic heterocycles. The fraction of sp³-hybridized carbons (Fsp3) is 1.00. The first kappa shape index (κ1) is 13.0. The van der Waals surface area contributed by atoms with Crippen LogP contribution in [0.1, 0.15) is 53.9 Å². The first-order chi connectivity index (χ1) is 6.93. The van der Waals surface area contributed by atoms with Gasteiger partial charge in [0.25, 0.3) is 0 Å². The molecule has 90 valence electrons. The molecule has 0 saturated carbocycles. The molecule has 0 bridgehead atoms. The Morgan fingerprint density at radius 2 is 1.87 bits per heavy atom. The standard InChI is InChI=1S/C13H27NO/c1-6-13(7-2)11(10-12(3,4)5)14-8-9-15-13/h11,14H,6-10H2,1-5H3. The molecular formula is C13H27NO. The Labute approximate surface area is 94.8 Å². The van der Waals surface area contributed by atoms with Gasteiger partial charge in [0.2, 0.25) is 0 Å². The van der Waals surface area contributed by atoms with E-state index in [2.05, 4.69) is 39.9 Å². The second-order valence-electron chi connectivity index (χ2n) is 5.89. The Morgan fingerprint density at radius 1 is 1.27 bits per heavy atom. The molecule has 1 heterocycles. The van der Waals surface area contributed by atoms with Crippen LogP contribution in [0.15, 0.2) is 0 Å². The third kappa shape index (κ3) is 3.18. The van der Waals surface area contributed by atoms with Crippen LogP contribution >= 0.6 is 0 Å². The van der Waals surface area contributed by atoms with Crippen molar-refractivity contribution in [2.24, 2.45) is 5.41 Å². The molecule has 0 spiro atoms. The molecular weight excluding hydrogens is 186 g/mol. The normalized spacial score (nSPS) is 26.6. The third-order valence-corrected chi connectivity index (χ3v) is 3.53. The third-order valence-electron chi connectivity index (χ3n) is 3.53. The molecule has 1 saturated heterocycles. The first-order valence-electron chi connectivity index (χ1n) is 6.31. The van der Waals surface area contributed by atoms with E-state index in [1.54, 1.807) is 0 Å². The zero-order valence-electron chi connectivity index (χ0n) is 11.0. The van der Waals surface area contributed by atoms with E-state index in [1.165, 1.54) is 6.42 Å². The largest absolute Gasteiger partial charge is 0.372 e. The van der Waals surface area contributed by atoms with Gasteiger partial charge in [0.1, 0.15) is 0 Å². The van der Waals surface area contributed by atoms with E-state index in [4.69, 9.17) is 4.74 Å². The molecule has 1 unspecified atom stereocenters. The van der Waals surface area contributed by atoms with Crippen LogP contribution in [-0.4, -0.2) is 24.8 Å². The van der Waals surface area contributed by atoms with E-state index in [9.17, 15) is 0 Å². The van der Waals surface area contributed by atoms with Crippen molar-refractivity contribution in [1.82, 2.24) is 5.32 Å². The summed E-state index contributed by atoms with van der Waals surface area (Å²) in [6, 6.07) is 0.515. The monoisotopic (exact) mass is 213 g/mol. The Bertz CT molecular complexity index is 191. The maximum absolute atomic E-state index is 6.06. The lowest BCUT2D eigenvalue weighted by Crippen LogP contribution is -2.58. The highest BCUT2D eigenvalue weighted by atomic mass is 16.5. The van der Waals surface area contributed by atoms with Gasteiger partial charge in [-0.2, -0.15) is 0 Å². The summed E-state index contributed by atoms with van der Waals surface area (Å²) in [4.78, 5) is 0. The molecule has 2 nitrogen and oxygen atoms in total. The lowest BCUT2D eigenvalue weighted by molar-refractivity contribution is -0.109. The fourth-order valence-corrected chi connectivity index (χ4v) is 2.59. The van der Waals surface area contributed by atoms with Gasteiger partial charge in [-0.15, -0.1) is 0 Å². The number of rotatable bonds is 3. The van der Waals surface area contributed by atoms with Crippen molar-refractivity contribution in [1.29, 1.82) is 0 Å². The summed E-state index contributed by atoms with van der Waals surface area (Å²) < 4.78 is 6.06. The highest BCUT2D eigenvalue weighted by Crippen LogP contribution is 2.34. The SMILES string of the molecule is CCC1(CC)OCCNC1CC(C)(C)C. The number of hydrogen-bond acceptors (Lipinski definition) is 2. The molecule has 0 amide bonds. The molecule has 1 rings (SSSR count). The quantitative estimate of drug-likeness (QED) is 0.778. The molecule has 15 heavy (non-hydrogen) atoms. The van der Waals surface area contributed by atoms with Crippen molar-refractivity contribution >= 4 is 0 Å². The Kier molecular flexibility index (Phi) is 4.19. The van der Waals surface area contributed by atoms with Crippen LogP contribution in [0.4, 0.5) is 0 Å². The van der Waals surface area contributed by atoms with Crippen molar-refractivity contribution in [3.05, 3.63) is 0 Å². The van der Waals surface area contributed by atoms with Crippen LogP contribution in [0.25, 0.3) is 0 Å². The maximum atomic E-state index is 6.06. The summed E-state index contributed by atoms with van der Waals surface area (Å²) in [7, 11) is 0. The smallest absolute Gasteiger partial charge is 0.0830 e. The molecule has 1 aliphatic rings. The van der Waals surface area contributed by atoms with Crippen LogP contribution < -0.4 is 5.32 Å². The Balaban J connectivity index is 2.73. The predicted molar refractivity (Wildman–Crippen MR) is 65.1 cm³/mol. The molecule has 1 atom stereocenters. The summed E-state index contributed by atoms with van der Waals surface area (Å²) in [5, 5.41) is 3.64. The molecule has 0 aliphatic carbocycles. The summed E-state index contributed by atoms with van der Waals surface area (Å²) in [6.45, 7) is 13.3. The fourth-order valence-electron chi connectivity index (χ4n) is 2.59. The topological polar surface area (TPSA) is 21.3 Å². The van der Waals surface area contributed by atoms with E-state index in [0.29, 0.717) is 11.5 Å². The van der Waals surface area contributed by atoms with Crippen molar-refractivity contribution in [3.8, 4) is 0 Å². The molecule has 0 aromatic rings. The molecule has 0 aromatic carbocycles. The first-order valence-corrected chi connectivity index (χ1v) is 6.31. The predicted octanol–water partition coefficient (Wildman–Crippen LogP) is 2.97.